The average Bonchev–Trinajstić information content (AvgIpc) is 2.58. The Balaban J connectivity index is 2.23. The molecule has 0 aromatic carbocycles. The van der Waals surface area contributed by atoms with Gasteiger partial charge in [-0.2, -0.15) is 17.7 Å². The molecule has 0 bridgehead atoms. The van der Waals surface area contributed by atoms with E-state index >= 15 is 0 Å². The second kappa shape index (κ2) is 5.70. The van der Waals surface area contributed by atoms with E-state index in [4.69, 9.17) is 0 Å². The Morgan fingerprint density at radius 2 is 2.50 bits per heavy atom. The Morgan fingerprint density at radius 1 is 1.71 bits per heavy atom. The molecule has 14 heavy (non-hydrogen) atoms. The first-order valence-corrected chi connectivity index (χ1v) is 5.20. The molecule has 0 atom stereocenters. The average molecular weight is 213 g/mol. The molecule has 1 aromatic rings. The molecule has 1 aromatic heterocycles. The van der Waals surface area contributed by atoms with Gasteiger partial charge in [-0.1, -0.05) is 0 Å². The predicted octanol–water partition coefficient (Wildman–Crippen LogP) is 0.399. The first-order chi connectivity index (χ1) is 6.72. The fraction of sp³-hybridized carbons (Fsp3) is 0.556. The van der Waals surface area contributed by atoms with E-state index in [0.29, 0.717) is 18.7 Å². The molecule has 78 valence electrons. The predicted molar refractivity (Wildman–Crippen MR) is 58.4 cm³/mol. The van der Waals surface area contributed by atoms with Crippen molar-refractivity contribution in [3.05, 3.63) is 18.0 Å². The van der Waals surface area contributed by atoms with Gasteiger partial charge in [0, 0.05) is 32.0 Å². The lowest BCUT2D eigenvalue weighted by Gasteiger charge is -2.01. The summed E-state index contributed by atoms with van der Waals surface area (Å²) in [6.45, 7) is 0.634. The number of hydrogen-bond acceptors (Lipinski definition) is 3. The minimum Gasteiger partial charge on any atom is -0.355 e. The Hall–Kier alpha value is -0.970. The molecule has 5 heteroatoms. The third-order valence-electron chi connectivity index (χ3n) is 1.83. The van der Waals surface area contributed by atoms with Gasteiger partial charge in [0.1, 0.15) is 0 Å². The first kappa shape index (κ1) is 11.1. The summed E-state index contributed by atoms with van der Waals surface area (Å²) < 4.78 is 1.74. The molecule has 1 rings (SSSR count). The van der Waals surface area contributed by atoms with Crippen molar-refractivity contribution < 1.29 is 4.79 Å². The highest BCUT2D eigenvalue weighted by Crippen LogP contribution is 2.00. The van der Waals surface area contributed by atoms with Crippen LogP contribution in [-0.2, 0) is 18.3 Å². The van der Waals surface area contributed by atoms with Crippen molar-refractivity contribution in [2.75, 3.05) is 12.3 Å². The molecule has 0 saturated carbocycles. The van der Waals surface area contributed by atoms with E-state index in [1.54, 1.807) is 10.9 Å². The summed E-state index contributed by atoms with van der Waals surface area (Å²) >= 11 is 4.01. The van der Waals surface area contributed by atoms with Crippen molar-refractivity contribution in [2.45, 2.75) is 12.8 Å². The van der Waals surface area contributed by atoms with Gasteiger partial charge in [-0.25, -0.2) is 0 Å². The molecule has 0 aliphatic rings. The molecule has 0 fully saturated rings. The molecule has 1 heterocycles. The molecule has 1 N–H and O–H groups in total. The van der Waals surface area contributed by atoms with Crippen molar-refractivity contribution in [3.63, 3.8) is 0 Å². The lowest BCUT2D eigenvalue weighted by Crippen LogP contribution is -2.25. The number of hydrogen-bond donors (Lipinski definition) is 2. The third kappa shape index (κ3) is 3.83. The number of nitrogens with one attached hydrogen (secondary N) is 1. The van der Waals surface area contributed by atoms with Crippen LogP contribution >= 0.6 is 12.6 Å². The number of aryl methyl sites for hydroxylation is 2. The van der Waals surface area contributed by atoms with Gasteiger partial charge in [-0.05, 0) is 12.0 Å². The number of amides is 1. The molecule has 0 saturated heterocycles. The Kier molecular flexibility index (Phi) is 4.52. The minimum atomic E-state index is 0.0721. The van der Waals surface area contributed by atoms with Crippen molar-refractivity contribution in [3.8, 4) is 0 Å². The second-order valence-corrected chi connectivity index (χ2v) is 3.54. The highest BCUT2D eigenvalue weighted by molar-refractivity contribution is 7.80. The van der Waals surface area contributed by atoms with E-state index < -0.39 is 0 Å². The Morgan fingerprint density at radius 3 is 3.07 bits per heavy atom. The highest BCUT2D eigenvalue weighted by atomic mass is 32.1. The number of nitrogens with zero attached hydrogens (tertiary/aromatic N) is 2. The molecule has 0 spiro atoms. The maximum Gasteiger partial charge on any atom is 0.220 e. The van der Waals surface area contributed by atoms with Gasteiger partial charge in [-0.3, -0.25) is 9.48 Å². The SMILES string of the molecule is Cn1cc(CCC(=O)NCCS)cn1. The first-order valence-electron chi connectivity index (χ1n) is 4.57. The summed E-state index contributed by atoms with van der Waals surface area (Å²) in [5, 5.41) is 6.80. The van der Waals surface area contributed by atoms with Crippen LogP contribution in [0.5, 0.6) is 0 Å². The van der Waals surface area contributed by atoms with E-state index in [1.165, 1.54) is 0 Å². The van der Waals surface area contributed by atoms with Crippen LogP contribution < -0.4 is 5.32 Å². The minimum absolute atomic E-state index is 0.0721. The summed E-state index contributed by atoms with van der Waals surface area (Å²) in [5.74, 6) is 0.751. The van der Waals surface area contributed by atoms with Crippen molar-refractivity contribution in [1.29, 1.82) is 0 Å². The van der Waals surface area contributed by atoms with Crippen molar-refractivity contribution >= 4 is 18.5 Å². The Bertz CT molecular complexity index is 298. The maximum absolute atomic E-state index is 11.2. The molecular weight excluding hydrogens is 198 g/mol. The summed E-state index contributed by atoms with van der Waals surface area (Å²) in [6, 6.07) is 0. The number of thiol groups is 1. The van der Waals surface area contributed by atoms with Crippen LogP contribution in [0.1, 0.15) is 12.0 Å². The van der Waals surface area contributed by atoms with Gasteiger partial charge in [-0.15, -0.1) is 0 Å². The smallest absolute Gasteiger partial charge is 0.220 e. The fourth-order valence-corrected chi connectivity index (χ4v) is 1.25. The van der Waals surface area contributed by atoms with E-state index in [9.17, 15) is 4.79 Å². The van der Waals surface area contributed by atoms with Gasteiger partial charge < -0.3 is 5.32 Å². The lowest BCUT2D eigenvalue weighted by molar-refractivity contribution is -0.120. The molecule has 0 unspecified atom stereocenters. The van der Waals surface area contributed by atoms with Crippen LogP contribution in [-0.4, -0.2) is 28.0 Å². The van der Waals surface area contributed by atoms with Crippen LogP contribution in [0.3, 0.4) is 0 Å². The maximum atomic E-state index is 11.2. The third-order valence-corrected chi connectivity index (χ3v) is 2.06. The van der Waals surface area contributed by atoms with Gasteiger partial charge in [0.05, 0.1) is 6.20 Å². The number of carbonyl (C=O) groups excluding carboxylic acids is 1. The molecule has 0 aliphatic carbocycles. The Labute approximate surface area is 89.1 Å². The monoisotopic (exact) mass is 213 g/mol. The fourth-order valence-electron chi connectivity index (χ4n) is 1.14. The summed E-state index contributed by atoms with van der Waals surface area (Å²) in [6.07, 6.45) is 4.96. The van der Waals surface area contributed by atoms with Gasteiger partial charge in [0.15, 0.2) is 0 Å². The standard InChI is InChI=1S/C9H15N3OS/c1-12-7-8(6-11-12)2-3-9(13)10-4-5-14/h6-7,14H,2-5H2,1H3,(H,10,13). The normalized spacial score (nSPS) is 10.1. The summed E-state index contributed by atoms with van der Waals surface area (Å²) in [4.78, 5) is 11.2. The number of rotatable bonds is 5. The van der Waals surface area contributed by atoms with Crippen LogP contribution in [0, 0.1) is 0 Å². The topological polar surface area (TPSA) is 46.9 Å². The zero-order valence-corrected chi connectivity index (χ0v) is 9.13. The van der Waals surface area contributed by atoms with Gasteiger partial charge in [0.25, 0.3) is 0 Å². The van der Waals surface area contributed by atoms with Gasteiger partial charge in [0.2, 0.25) is 5.91 Å². The van der Waals surface area contributed by atoms with E-state index in [1.807, 2.05) is 13.2 Å². The largest absolute Gasteiger partial charge is 0.355 e. The van der Waals surface area contributed by atoms with E-state index in [-0.39, 0.29) is 5.91 Å². The van der Waals surface area contributed by atoms with Crippen LogP contribution in [0.15, 0.2) is 12.4 Å². The molecule has 1 amide bonds. The van der Waals surface area contributed by atoms with Gasteiger partial charge >= 0.3 is 0 Å². The highest BCUT2D eigenvalue weighted by Gasteiger charge is 2.02. The van der Waals surface area contributed by atoms with Crippen molar-refractivity contribution in [2.24, 2.45) is 7.05 Å². The second-order valence-electron chi connectivity index (χ2n) is 3.10. The molecule has 4 nitrogen and oxygen atoms in total. The lowest BCUT2D eigenvalue weighted by atomic mass is 10.2. The number of carbonyl (C=O) groups is 1. The van der Waals surface area contributed by atoms with Crippen LogP contribution in [0.4, 0.5) is 0 Å². The van der Waals surface area contributed by atoms with Crippen LogP contribution in [0.2, 0.25) is 0 Å². The van der Waals surface area contributed by atoms with E-state index in [2.05, 4.69) is 23.0 Å². The molecule has 0 aliphatic heterocycles. The summed E-state index contributed by atoms with van der Waals surface area (Å²) in [5.41, 5.74) is 1.09. The molecular formula is C9H15N3OS. The zero-order chi connectivity index (χ0) is 10.4. The van der Waals surface area contributed by atoms with E-state index in [0.717, 1.165) is 12.0 Å². The number of aromatic nitrogens is 2. The van der Waals surface area contributed by atoms with Crippen molar-refractivity contribution in [1.82, 2.24) is 15.1 Å². The molecule has 0 radical (unpaired) electrons. The summed E-state index contributed by atoms with van der Waals surface area (Å²) in [7, 11) is 1.87. The zero-order valence-electron chi connectivity index (χ0n) is 8.23. The van der Waals surface area contributed by atoms with Crippen LogP contribution in [0.25, 0.3) is 0 Å². The quantitative estimate of drug-likeness (QED) is 0.695.